The van der Waals surface area contributed by atoms with E-state index >= 15 is 0 Å². The standard InChI is InChI=1S/C20H29N3O5S/c1-14-18(15(2)22(3)21-14)8-9-20(25)28-12-19(24)23(16-6-4-5-7-16)17-10-11-29(26,27)13-17/h8-9,16-17H,4-7,10-13H2,1-3H3/b9-8+/t17-/m1/s1. The van der Waals surface area contributed by atoms with E-state index in [0.717, 1.165) is 42.6 Å². The Morgan fingerprint density at radius 3 is 2.45 bits per heavy atom. The van der Waals surface area contributed by atoms with Gasteiger partial charge in [-0.1, -0.05) is 12.8 Å². The molecule has 1 saturated carbocycles. The molecule has 1 aliphatic carbocycles. The lowest BCUT2D eigenvalue weighted by molar-refractivity contribution is -0.150. The van der Waals surface area contributed by atoms with Gasteiger partial charge < -0.3 is 9.64 Å². The number of aromatic nitrogens is 2. The molecule has 2 heterocycles. The Labute approximate surface area is 171 Å². The van der Waals surface area contributed by atoms with Crippen LogP contribution >= 0.6 is 0 Å². The molecule has 0 spiro atoms. The molecule has 29 heavy (non-hydrogen) atoms. The molecule has 0 radical (unpaired) electrons. The first kappa shape index (κ1) is 21.5. The van der Waals surface area contributed by atoms with E-state index in [9.17, 15) is 18.0 Å². The highest BCUT2D eigenvalue weighted by Crippen LogP contribution is 2.29. The van der Waals surface area contributed by atoms with Gasteiger partial charge in [-0.25, -0.2) is 13.2 Å². The van der Waals surface area contributed by atoms with Crippen molar-refractivity contribution < 1.29 is 22.7 Å². The minimum atomic E-state index is -3.10. The number of carbonyl (C=O) groups is 2. The normalized spacial score (nSPS) is 21.7. The predicted molar refractivity (Wildman–Crippen MR) is 109 cm³/mol. The Kier molecular flexibility index (Phi) is 6.45. The van der Waals surface area contributed by atoms with Gasteiger partial charge in [0.15, 0.2) is 16.4 Å². The molecule has 1 aromatic heterocycles. The Morgan fingerprint density at radius 1 is 1.21 bits per heavy atom. The van der Waals surface area contributed by atoms with Crippen molar-refractivity contribution in [2.45, 2.75) is 58.0 Å². The number of rotatable bonds is 6. The van der Waals surface area contributed by atoms with Crippen LogP contribution in [0.25, 0.3) is 6.08 Å². The monoisotopic (exact) mass is 423 g/mol. The summed E-state index contributed by atoms with van der Waals surface area (Å²) in [5.74, 6) is -0.802. The van der Waals surface area contributed by atoms with Crippen molar-refractivity contribution in [3.8, 4) is 0 Å². The summed E-state index contributed by atoms with van der Waals surface area (Å²) in [4.78, 5) is 26.6. The van der Waals surface area contributed by atoms with Crippen LogP contribution in [0, 0.1) is 13.8 Å². The van der Waals surface area contributed by atoms with E-state index in [1.54, 1.807) is 15.7 Å². The highest BCUT2D eigenvalue weighted by atomic mass is 32.2. The maximum absolute atomic E-state index is 12.8. The van der Waals surface area contributed by atoms with Gasteiger partial charge >= 0.3 is 5.97 Å². The number of ether oxygens (including phenoxy) is 1. The summed E-state index contributed by atoms with van der Waals surface area (Å²) in [7, 11) is -1.27. The lowest BCUT2D eigenvalue weighted by Crippen LogP contribution is -2.48. The Balaban J connectivity index is 1.62. The Bertz CT molecular complexity index is 913. The Hall–Kier alpha value is -2.16. The van der Waals surface area contributed by atoms with Crippen molar-refractivity contribution in [2.24, 2.45) is 7.05 Å². The SMILES string of the molecule is Cc1nn(C)c(C)c1/C=C/C(=O)OCC(=O)N(C1CCCC1)[C@@H]1CCS(=O)(=O)C1. The number of sulfone groups is 1. The molecule has 1 atom stereocenters. The van der Waals surface area contributed by atoms with Gasteiger partial charge in [0.25, 0.3) is 5.91 Å². The fourth-order valence-electron chi connectivity index (χ4n) is 4.32. The highest BCUT2D eigenvalue weighted by molar-refractivity contribution is 7.91. The molecule has 2 aliphatic rings. The molecule has 1 amide bonds. The summed E-state index contributed by atoms with van der Waals surface area (Å²) in [6.07, 6.45) is 7.19. The van der Waals surface area contributed by atoms with Crippen molar-refractivity contribution in [2.75, 3.05) is 18.1 Å². The number of hydrogen-bond acceptors (Lipinski definition) is 6. The van der Waals surface area contributed by atoms with Crippen LogP contribution in [0.5, 0.6) is 0 Å². The van der Waals surface area contributed by atoms with Gasteiger partial charge in [0, 0.05) is 36.5 Å². The van der Waals surface area contributed by atoms with Gasteiger partial charge in [0.2, 0.25) is 0 Å². The molecule has 0 N–H and O–H groups in total. The number of carbonyl (C=O) groups excluding carboxylic acids is 2. The lowest BCUT2D eigenvalue weighted by atomic mass is 10.1. The average Bonchev–Trinajstić information content (AvgIpc) is 3.35. The van der Waals surface area contributed by atoms with Gasteiger partial charge in [-0.2, -0.15) is 5.10 Å². The van der Waals surface area contributed by atoms with Crippen molar-refractivity contribution in [3.05, 3.63) is 23.0 Å². The van der Waals surface area contributed by atoms with Crippen LogP contribution in [0.3, 0.4) is 0 Å². The average molecular weight is 424 g/mol. The van der Waals surface area contributed by atoms with Crippen LogP contribution in [-0.2, 0) is 31.2 Å². The molecule has 3 rings (SSSR count). The van der Waals surface area contributed by atoms with E-state index < -0.39 is 15.8 Å². The molecule has 0 aromatic carbocycles. The zero-order valence-electron chi connectivity index (χ0n) is 17.3. The minimum absolute atomic E-state index is 0.00263. The molecule has 8 nitrogen and oxygen atoms in total. The second-order valence-electron chi connectivity index (χ2n) is 7.95. The smallest absolute Gasteiger partial charge is 0.331 e. The van der Waals surface area contributed by atoms with E-state index in [-0.39, 0.29) is 36.1 Å². The summed E-state index contributed by atoms with van der Waals surface area (Å²) in [5.41, 5.74) is 2.58. The first-order chi connectivity index (χ1) is 13.7. The van der Waals surface area contributed by atoms with Crippen LogP contribution in [0.1, 0.15) is 49.1 Å². The molecule has 1 aromatic rings. The van der Waals surface area contributed by atoms with Crippen molar-refractivity contribution in [1.29, 1.82) is 0 Å². The van der Waals surface area contributed by atoms with Crippen LogP contribution in [-0.4, -0.2) is 65.2 Å². The summed E-state index contributed by atoms with van der Waals surface area (Å²) in [5, 5.41) is 4.29. The largest absolute Gasteiger partial charge is 0.452 e. The quantitative estimate of drug-likeness (QED) is 0.509. The molecule has 0 bridgehead atoms. The minimum Gasteiger partial charge on any atom is -0.452 e. The lowest BCUT2D eigenvalue weighted by Gasteiger charge is -2.33. The fourth-order valence-corrected chi connectivity index (χ4v) is 6.03. The van der Waals surface area contributed by atoms with E-state index in [0.29, 0.717) is 6.42 Å². The second-order valence-corrected chi connectivity index (χ2v) is 10.2. The van der Waals surface area contributed by atoms with Crippen LogP contribution < -0.4 is 0 Å². The molecule has 2 fully saturated rings. The summed E-state index contributed by atoms with van der Waals surface area (Å²) in [6.45, 7) is 3.39. The van der Waals surface area contributed by atoms with E-state index in [2.05, 4.69) is 5.10 Å². The van der Waals surface area contributed by atoms with Crippen LogP contribution in [0.4, 0.5) is 0 Å². The highest BCUT2D eigenvalue weighted by Gasteiger charge is 2.39. The zero-order valence-corrected chi connectivity index (χ0v) is 18.1. The summed E-state index contributed by atoms with van der Waals surface area (Å²) in [6, 6.07) is -0.277. The first-order valence-electron chi connectivity index (χ1n) is 10.0. The second kappa shape index (κ2) is 8.69. The number of aryl methyl sites for hydroxylation is 2. The summed E-state index contributed by atoms with van der Waals surface area (Å²) >= 11 is 0. The van der Waals surface area contributed by atoms with Crippen molar-refractivity contribution in [3.63, 3.8) is 0 Å². The molecule has 1 aliphatic heterocycles. The molecule has 9 heteroatoms. The van der Waals surface area contributed by atoms with Gasteiger partial charge in [-0.05, 0) is 39.2 Å². The third-order valence-corrected chi connectivity index (χ3v) is 7.65. The van der Waals surface area contributed by atoms with Gasteiger partial charge in [-0.15, -0.1) is 0 Å². The maximum Gasteiger partial charge on any atom is 0.331 e. The molecule has 160 valence electrons. The number of esters is 1. The molecular formula is C20H29N3O5S. The Morgan fingerprint density at radius 2 is 1.90 bits per heavy atom. The van der Waals surface area contributed by atoms with E-state index in [1.165, 1.54) is 6.08 Å². The van der Waals surface area contributed by atoms with Gasteiger partial charge in [0.1, 0.15) is 0 Å². The van der Waals surface area contributed by atoms with Crippen LogP contribution in [0.15, 0.2) is 6.08 Å². The predicted octanol–water partition coefficient (Wildman–Crippen LogP) is 1.55. The van der Waals surface area contributed by atoms with Crippen molar-refractivity contribution >= 4 is 27.8 Å². The summed E-state index contributed by atoms with van der Waals surface area (Å²) < 4.78 is 30.7. The first-order valence-corrected chi connectivity index (χ1v) is 11.9. The third kappa shape index (κ3) is 5.07. The number of nitrogens with zero attached hydrogens (tertiary/aromatic N) is 3. The molecule has 1 saturated heterocycles. The van der Waals surface area contributed by atoms with Crippen molar-refractivity contribution in [1.82, 2.24) is 14.7 Å². The number of hydrogen-bond donors (Lipinski definition) is 0. The maximum atomic E-state index is 12.8. The topological polar surface area (TPSA) is 98.6 Å². The van der Waals surface area contributed by atoms with Crippen LogP contribution in [0.2, 0.25) is 0 Å². The third-order valence-electron chi connectivity index (χ3n) is 5.90. The molecule has 0 unspecified atom stereocenters. The fraction of sp³-hybridized carbons (Fsp3) is 0.650. The van der Waals surface area contributed by atoms with E-state index in [1.807, 2.05) is 20.9 Å². The zero-order chi connectivity index (χ0) is 21.2. The molecular weight excluding hydrogens is 394 g/mol. The van der Waals surface area contributed by atoms with E-state index in [4.69, 9.17) is 4.74 Å². The van der Waals surface area contributed by atoms with Gasteiger partial charge in [-0.3, -0.25) is 9.48 Å². The number of amides is 1. The van der Waals surface area contributed by atoms with Gasteiger partial charge in [0.05, 0.1) is 17.2 Å².